The molecule has 1 aliphatic heterocycles. The highest BCUT2D eigenvalue weighted by Crippen LogP contribution is 2.32. The molecule has 108 valence electrons. The van der Waals surface area contributed by atoms with Gasteiger partial charge in [-0.3, -0.25) is 4.79 Å². The molecule has 0 bridgehead atoms. The van der Waals surface area contributed by atoms with E-state index in [2.05, 4.69) is 42.3 Å². The zero-order valence-electron chi connectivity index (χ0n) is 12.4. The predicted molar refractivity (Wildman–Crippen MR) is 80.5 cm³/mol. The molecule has 2 aliphatic rings. The van der Waals surface area contributed by atoms with Crippen LogP contribution in [-0.2, 0) is 11.3 Å². The van der Waals surface area contributed by atoms with Crippen LogP contribution < -0.4 is 5.32 Å². The molecule has 3 heteroatoms. The van der Waals surface area contributed by atoms with Gasteiger partial charge in [-0.05, 0) is 43.7 Å². The van der Waals surface area contributed by atoms with Crippen LogP contribution in [0, 0.1) is 5.92 Å². The lowest BCUT2D eigenvalue weighted by Gasteiger charge is -2.33. The number of nitrogens with one attached hydrogen (secondary N) is 1. The summed E-state index contributed by atoms with van der Waals surface area (Å²) in [5.41, 5.74) is 2.49. The zero-order chi connectivity index (χ0) is 14.1. The molecule has 0 spiro atoms. The minimum Gasteiger partial charge on any atom is -0.339 e. The van der Waals surface area contributed by atoms with Crippen molar-refractivity contribution < 1.29 is 4.79 Å². The number of hydrogen-bond donors (Lipinski definition) is 1. The van der Waals surface area contributed by atoms with Crippen LogP contribution in [0.25, 0.3) is 0 Å². The van der Waals surface area contributed by atoms with E-state index in [1.54, 1.807) is 0 Å². The van der Waals surface area contributed by atoms with Crippen molar-refractivity contribution in [1.82, 2.24) is 10.2 Å². The summed E-state index contributed by atoms with van der Waals surface area (Å²) in [6, 6.07) is 8.64. The zero-order valence-corrected chi connectivity index (χ0v) is 12.4. The van der Waals surface area contributed by atoms with Gasteiger partial charge in [-0.2, -0.15) is 0 Å². The molecule has 1 fully saturated rings. The smallest absolute Gasteiger partial charge is 0.231 e. The molecule has 0 aromatic heterocycles. The third-order valence-corrected chi connectivity index (χ3v) is 4.45. The monoisotopic (exact) mass is 272 g/mol. The first-order chi connectivity index (χ1) is 9.66. The molecule has 1 aromatic rings. The lowest BCUT2D eigenvalue weighted by molar-refractivity contribution is -0.134. The summed E-state index contributed by atoms with van der Waals surface area (Å²) < 4.78 is 0. The van der Waals surface area contributed by atoms with Gasteiger partial charge < -0.3 is 10.2 Å². The number of carbonyl (C=O) groups excluding carboxylic acids is 1. The van der Waals surface area contributed by atoms with Crippen LogP contribution >= 0.6 is 0 Å². The van der Waals surface area contributed by atoms with Gasteiger partial charge in [0.2, 0.25) is 5.91 Å². The van der Waals surface area contributed by atoms with E-state index in [1.807, 2.05) is 6.07 Å². The van der Waals surface area contributed by atoms with E-state index in [0.29, 0.717) is 5.91 Å². The standard InChI is InChI=1S/C17H24N2O/c1-12(2)19(11-13-7-8-13)17(20)16-10-18-9-14-5-3-4-6-15(14)16/h3-6,12-13,16,18H,7-11H2,1-2H3. The summed E-state index contributed by atoms with van der Waals surface area (Å²) in [5.74, 6) is 1.03. The first kappa shape index (κ1) is 13.6. The van der Waals surface area contributed by atoms with E-state index in [4.69, 9.17) is 0 Å². The molecule has 1 aromatic carbocycles. The summed E-state index contributed by atoms with van der Waals surface area (Å²) >= 11 is 0. The maximum atomic E-state index is 13.0. The predicted octanol–water partition coefficient (Wildman–Crippen LogP) is 2.52. The van der Waals surface area contributed by atoms with Gasteiger partial charge >= 0.3 is 0 Å². The molecule has 0 radical (unpaired) electrons. The normalized spacial score (nSPS) is 21.6. The van der Waals surface area contributed by atoms with Crippen molar-refractivity contribution in [2.75, 3.05) is 13.1 Å². The summed E-state index contributed by atoms with van der Waals surface area (Å²) in [6.07, 6.45) is 2.58. The van der Waals surface area contributed by atoms with E-state index < -0.39 is 0 Å². The molecular weight excluding hydrogens is 248 g/mol. The lowest BCUT2D eigenvalue weighted by Crippen LogP contribution is -2.45. The Hall–Kier alpha value is -1.35. The molecule has 1 N–H and O–H groups in total. The van der Waals surface area contributed by atoms with Gasteiger partial charge in [-0.1, -0.05) is 24.3 Å². The molecule has 20 heavy (non-hydrogen) atoms. The van der Waals surface area contributed by atoms with Crippen LogP contribution in [0.5, 0.6) is 0 Å². The van der Waals surface area contributed by atoms with Crippen molar-refractivity contribution in [3.63, 3.8) is 0 Å². The van der Waals surface area contributed by atoms with Gasteiger partial charge in [0.1, 0.15) is 0 Å². The van der Waals surface area contributed by atoms with Crippen molar-refractivity contribution in [3.8, 4) is 0 Å². The summed E-state index contributed by atoms with van der Waals surface area (Å²) in [6.45, 7) is 6.84. The third-order valence-electron chi connectivity index (χ3n) is 4.45. The Morgan fingerprint density at radius 1 is 1.35 bits per heavy atom. The van der Waals surface area contributed by atoms with Gasteiger partial charge in [0.05, 0.1) is 5.92 Å². The number of hydrogen-bond acceptors (Lipinski definition) is 2. The summed E-state index contributed by atoms with van der Waals surface area (Å²) in [5, 5.41) is 3.39. The fourth-order valence-electron chi connectivity index (χ4n) is 3.05. The average molecular weight is 272 g/mol. The molecule has 1 aliphatic carbocycles. The highest BCUT2D eigenvalue weighted by atomic mass is 16.2. The number of amides is 1. The van der Waals surface area contributed by atoms with Crippen LogP contribution in [0.2, 0.25) is 0 Å². The number of fused-ring (bicyclic) bond motifs is 1. The number of nitrogens with zero attached hydrogens (tertiary/aromatic N) is 1. The lowest BCUT2D eigenvalue weighted by atomic mass is 9.89. The van der Waals surface area contributed by atoms with Gasteiger partial charge in [0.15, 0.2) is 0 Å². The van der Waals surface area contributed by atoms with E-state index in [-0.39, 0.29) is 12.0 Å². The maximum absolute atomic E-state index is 13.0. The summed E-state index contributed by atoms with van der Waals surface area (Å²) in [7, 11) is 0. The van der Waals surface area contributed by atoms with Crippen LogP contribution in [0.4, 0.5) is 0 Å². The van der Waals surface area contributed by atoms with E-state index in [9.17, 15) is 4.79 Å². The molecule has 1 unspecified atom stereocenters. The fourth-order valence-corrected chi connectivity index (χ4v) is 3.05. The van der Waals surface area contributed by atoms with Crippen LogP contribution in [0.3, 0.4) is 0 Å². The van der Waals surface area contributed by atoms with Gasteiger partial charge in [0, 0.05) is 25.7 Å². The molecule has 1 amide bonds. The molecule has 1 heterocycles. The quantitative estimate of drug-likeness (QED) is 0.913. The molecule has 3 nitrogen and oxygen atoms in total. The Balaban J connectivity index is 1.82. The fraction of sp³-hybridized carbons (Fsp3) is 0.588. The molecule has 0 saturated heterocycles. The minimum atomic E-state index is -0.0129. The van der Waals surface area contributed by atoms with Gasteiger partial charge in [0.25, 0.3) is 0 Å². The SMILES string of the molecule is CC(C)N(CC1CC1)C(=O)C1CNCc2ccccc21. The Morgan fingerprint density at radius 2 is 2.10 bits per heavy atom. The van der Waals surface area contributed by atoms with Crippen LogP contribution in [0.15, 0.2) is 24.3 Å². The maximum Gasteiger partial charge on any atom is 0.231 e. The minimum absolute atomic E-state index is 0.0129. The second-order valence-electron chi connectivity index (χ2n) is 6.41. The van der Waals surface area contributed by atoms with E-state index in [0.717, 1.165) is 25.6 Å². The second-order valence-corrected chi connectivity index (χ2v) is 6.41. The molecule has 1 atom stereocenters. The second kappa shape index (κ2) is 5.57. The topological polar surface area (TPSA) is 32.3 Å². The van der Waals surface area contributed by atoms with Crippen LogP contribution in [0.1, 0.15) is 43.7 Å². The molecular formula is C17H24N2O. The van der Waals surface area contributed by atoms with Crippen molar-refractivity contribution in [3.05, 3.63) is 35.4 Å². The Morgan fingerprint density at radius 3 is 2.80 bits per heavy atom. The number of rotatable bonds is 4. The van der Waals surface area contributed by atoms with Crippen molar-refractivity contribution in [2.24, 2.45) is 5.92 Å². The number of benzene rings is 1. The van der Waals surface area contributed by atoms with E-state index in [1.165, 1.54) is 24.0 Å². The highest BCUT2D eigenvalue weighted by Gasteiger charge is 2.34. The molecule has 3 rings (SSSR count). The Kier molecular flexibility index (Phi) is 3.79. The van der Waals surface area contributed by atoms with Gasteiger partial charge in [-0.25, -0.2) is 0 Å². The first-order valence-electron chi connectivity index (χ1n) is 7.76. The van der Waals surface area contributed by atoms with Crippen molar-refractivity contribution in [1.29, 1.82) is 0 Å². The molecule has 1 saturated carbocycles. The van der Waals surface area contributed by atoms with Crippen LogP contribution in [-0.4, -0.2) is 29.9 Å². The third kappa shape index (κ3) is 2.73. The largest absolute Gasteiger partial charge is 0.339 e. The average Bonchev–Trinajstić information content (AvgIpc) is 3.27. The van der Waals surface area contributed by atoms with Crippen molar-refractivity contribution >= 4 is 5.91 Å². The van der Waals surface area contributed by atoms with Crippen molar-refractivity contribution in [2.45, 2.75) is 45.2 Å². The highest BCUT2D eigenvalue weighted by molar-refractivity contribution is 5.85. The Labute approximate surface area is 121 Å². The first-order valence-corrected chi connectivity index (χ1v) is 7.76. The Bertz CT molecular complexity index is 494. The summed E-state index contributed by atoms with van der Waals surface area (Å²) in [4.78, 5) is 15.0. The number of carbonyl (C=O) groups is 1. The van der Waals surface area contributed by atoms with E-state index >= 15 is 0 Å². The van der Waals surface area contributed by atoms with Gasteiger partial charge in [-0.15, -0.1) is 0 Å².